The minimum Gasteiger partial charge on any atom is -0.335 e. The summed E-state index contributed by atoms with van der Waals surface area (Å²) >= 11 is 2.33. The van der Waals surface area contributed by atoms with Crippen molar-refractivity contribution >= 4 is 22.6 Å². The number of nitrogens with zero attached hydrogens (tertiary/aromatic N) is 2. The van der Waals surface area contributed by atoms with Gasteiger partial charge in [-0.2, -0.15) is 0 Å². The summed E-state index contributed by atoms with van der Waals surface area (Å²) in [5.41, 5.74) is 7.49. The Morgan fingerprint density at radius 2 is 2.17 bits per heavy atom. The summed E-state index contributed by atoms with van der Waals surface area (Å²) in [6.07, 6.45) is 5.78. The molecular formula is C14H18IN3. The zero-order chi connectivity index (χ0) is 13.0. The van der Waals surface area contributed by atoms with E-state index in [-0.39, 0.29) is 6.04 Å². The quantitative estimate of drug-likeness (QED) is 0.838. The predicted octanol–water partition coefficient (Wildman–Crippen LogP) is 3.14. The Kier molecular flexibility index (Phi) is 4.77. The van der Waals surface area contributed by atoms with Gasteiger partial charge in [0.15, 0.2) is 0 Å². The number of hydrogen-bond acceptors (Lipinski definition) is 2. The normalized spacial score (nSPS) is 12.6. The lowest BCUT2D eigenvalue weighted by Gasteiger charge is -2.14. The Hall–Kier alpha value is -0.880. The highest BCUT2D eigenvalue weighted by Gasteiger charge is 2.13. The maximum Gasteiger partial charge on any atom is 0.110 e. The molecule has 0 bridgehead atoms. The van der Waals surface area contributed by atoms with E-state index in [0.29, 0.717) is 0 Å². The molecule has 2 N–H and O–H groups in total. The summed E-state index contributed by atoms with van der Waals surface area (Å²) in [5.74, 6) is 1.07. The molecule has 1 unspecified atom stereocenters. The SMILES string of the molecule is CCCn1ccnc1CC(N)c1ccccc1I. The van der Waals surface area contributed by atoms with Gasteiger partial charge in [-0.3, -0.25) is 0 Å². The van der Waals surface area contributed by atoms with Crippen LogP contribution in [0.1, 0.15) is 30.8 Å². The lowest BCUT2D eigenvalue weighted by atomic mass is 10.0. The smallest absolute Gasteiger partial charge is 0.110 e. The zero-order valence-electron chi connectivity index (χ0n) is 10.5. The number of hydrogen-bond donors (Lipinski definition) is 1. The molecule has 96 valence electrons. The molecule has 3 nitrogen and oxygen atoms in total. The largest absolute Gasteiger partial charge is 0.335 e. The maximum atomic E-state index is 6.29. The third-order valence-electron chi connectivity index (χ3n) is 2.97. The molecule has 1 aromatic heterocycles. The van der Waals surface area contributed by atoms with Crippen molar-refractivity contribution in [3.8, 4) is 0 Å². The van der Waals surface area contributed by atoms with Crippen LogP contribution >= 0.6 is 22.6 Å². The van der Waals surface area contributed by atoms with Crippen LogP contribution < -0.4 is 5.73 Å². The molecule has 0 aliphatic heterocycles. The second-order valence-corrected chi connectivity index (χ2v) is 5.53. The molecule has 0 saturated carbocycles. The lowest BCUT2D eigenvalue weighted by Crippen LogP contribution is -2.17. The third kappa shape index (κ3) is 3.11. The Labute approximate surface area is 122 Å². The van der Waals surface area contributed by atoms with E-state index >= 15 is 0 Å². The highest BCUT2D eigenvalue weighted by molar-refractivity contribution is 14.1. The summed E-state index contributed by atoms with van der Waals surface area (Å²) in [6, 6.07) is 8.27. The van der Waals surface area contributed by atoms with E-state index in [1.807, 2.05) is 24.5 Å². The summed E-state index contributed by atoms with van der Waals surface area (Å²) in [7, 11) is 0. The van der Waals surface area contributed by atoms with E-state index < -0.39 is 0 Å². The molecule has 0 aliphatic rings. The molecule has 0 radical (unpaired) electrons. The number of benzene rings is 1. The first-order valence-corrected chi connectivity index (χ1v) is 7.30. The van der Waals surface area contributed by atoms with Gasteiger partial charge in [0.25, 0.3) is 0 Å². The average Bonchev–Trinajstić information content (AvgIpc) is 2.78. The van der Waals surface area contributed by atoms with E-state index in [1.165, 1.54) is 9.13 Å². The van der Waals surface area contributed by atoms with Gasteiger partial charge in [-0.05, 0) is 40.6 Å². The van der Waals surface area contributed by atoms with Crippen molar-refractivity contribution in [3.63, 3.8) is 0 Å². The van der Waals surface area contributed by atoms with Crippen LogP contribution in [0.5, 0.6) is 0 Å². The molecule has 2 rings (SSSR count). The Morgan fingerprint density at radius 3 is 2.89 bits per heavy atom. The number of aryl methyl sites for hydroxylation is 1. The summed E-state index contributed by atoms with van der Waals surface area (Å²) in [4.78, 5) is 4.41. The van der Waals surface area contributed by atoms with E-state index in [0.717, 1.165) is 25.2 Å². The molecule has 1 aromatic carbocycles. The fraction of sp³-hybridized carbons (Fsp3) is 0.357. The van der Waals surface area contributed by atoms with E-state index in [2.05, 4.69) is 51.2 Å². The number of aromatic nitrogens is 2. The fourth-order valence-corrected chi connectivity index (χ4v) is 2.84. The van der Waals surface area contributed by atoms with Gasteiger partial charge in [0.1, 0.15) is 5.82 Å². The van der Waals surface area contributed by atoms with E-state index in [4.69, 9.17) is 5.73 Å². The van der Waals surface area contributed by atoms with Crippen LogP contribution in [0.15, 0.2) is 36.7 Å². The van der Waals surface area contributed by atoms with Crippen LogP contribution in [0.3, 0.4) is 0 Å². The Balaban J connectivity index is 2.14. The van der Waals surface area contributed by atoms with Crippen LogP contribution in [-0.2, 0) is 13.0 Å². The first-order chi connectivity index (χ1) is 8.72. The molecule has 0 fully saturated rings. The van der Waals surface area contributed by atoms with E-state index in [1.54, 1.807) is 0 Å². The van der Waals surface area contributed by atoms with Crippen molar-refractivity contribution < 1.29 is 0 Å². The summed E-state index contributed by atoms with van der Waals surface area (Å²) < 4.78 is 3.41. The topological polar surface area (TPSA) is 43.8 Å². The highest BCUT2D eigenvalue weighted by atomic mass is 127. The van der Waals surface area contributed by atoms with Crippen molar-refractivity contribution in [1.82, 2.24) is 9.55 Å². The van der Waals surface area contributed by atoms with Crippen molar-refractivity contribution in [1.29, 1.82) is 0 Å². The van der Waals surface area contributed by atoms with Crippen molar-refractivity contribution in [2.45, 2.75) is 32.4 Å². The van der Waals surface area contributed by atoms with Gasteiger partial charge >= 0.3 is 0 Å². The molecule has 1 heterocycles. The van der Waals surface area contributed by atoms with Gasteiger partial charge < -0.3 is 10.3 Å². The van der Waals surface area contributed by atoms with Gasteiger partial charge in [-0.15, -0.1) is 0 Å². The molecule has 0 spiro atoms. The molecule has 18 heavy (non-hydrogen) atoms. The molecule has 4 heteroatoms. The second kappa shape index (κ2) is 6.33. The minimum absolute atomic E-state index is 0.0103. The van der Waals surface area contributed by atoms with Crippen LogP contribution in [0.25, 0.3) is 0 Å². The molecule has 0 aliphatic carbocycles. The first-order valence-electron chi connectivity index (χ1n) is 6.22. The molecule has 1 atom stereocenters. The van der Waals surface area contributed by atoms with E-state index in [9.17, 15) is 0 Å². The fourth-order valence-electron chi connectivity index (χ4n) is 2.06. The van der Waals surface area contributed by atoms with Gasteiger partial charge in [0.05, 0.1) is 0 Å². The Morgan fingerprint density at radius 1 is 1.39 bits per heavy atom. The standard InChI is InChI=1S/C14H18IN3/c1-2-8-18-9-7-17-14(18)10-13(16)11-5-3-4-6-12(11)15/h3-7,9,13H,2,8,10,16H2,1H3. The monoisotopic (exact) mass is 355 g/mol. The number of nitrogens with two attached hydrogens (primary N) is 1. The molecule has 0 amide bonds. The van der Waals surface area contributed by atoms with Crippen LogP contribution in [0.2, 0.25) is 0 Å². The van der Waals surface area contributed by atoms with Gasteiger partial charge in [0, 0.05) is 35.0 Å². The van der Waals surface area contributed by atoms with Crippen LogP contribution in [0, 0.1) is 3.57 Å². The molecule has 0 saturated heterocycles. The summed E-state index contributed by atoms with van der Waals surface area (Å²) in [5, 5.41) is 0. The van der Waals surface area contributed by atoms with Gasteiger partial charge in [-0.25, -0.2) is 4.98 Å². The number of imidazole rings is 1. The second-order valence-electron chi connectivity index (χ2n) is 4.37. The molecule has 2 aromatic rings. The van der Waals surface area contributed by atoms with Gasteiger partial charge in [0.2, 0.25) is 0 Å². The molecular weight excluding hydrogens is 337 g/mol. The lowest BCUT2D eigenvalue weighted by molar-refractivity contribution is 0.598. The number of halogens is 1. The van der Waals surface area contributed by atoms with Crippen molar-refractivity contribution in [3.05, 3.63) is 51.6 Å². The maximum absolute atomic E-state index is 6.29. The predicted molar refractivity (Wildman–Crippen MR) is 82.3 cm³/mol. The van der Waals surface area contributed by atoms with Gasteiger partial charge in [-0.1, -0.05) is 25.1 Å². The zero-order valence-corrected chi connectivity index (χ0v) is 12.7. The minimum atomic E-state index is 0.0103. The van der Waals surface area contributed by atoms with Crippen molar-refractivity contribution in [2.75, 3.05) is 0 Å². The first kappa shape index (κ1) is 13.5. The third-order valence-corrected chi connectivity index (χ3v) is 3.96. The van der Waals surface area contributed by atoms with Crippen LogP contribution in [0.4, 0.5) is 0 Å². The highest BCUT2D eigenvalue weighted by Crippen LogP contribution is 2.20. The summed E-state index contributed by atoms with van der Waals surface area (Å²) in [6.45, 7) is 3.18. The number of rotatable bonds is 5. The van der Waals surface area contributed by atoms with Crippen LogP contribution in [-0.4, -0.2) is 9.55 Å². The van der Waals surface area contributed by atoms with Crippen molar-refractivity contribution in [2.24, 2.45) is 5.73 Å². The average molecular weight is 355 g/mol. The Bertz CT molecular complexity index is 507.